The van der Waals surface area contributed by atoms with Crippen molar-refractivity contribution < 1.29 is 0 Å². The van der Waals surface area contributed by atoms with Gasteiger partial charge in [0.15, 0.2) is 5.82 Å². The van der Waals surface area contributed by atoms with E-state index >= 15 is 0 Å². The lowest BCUT2D eigenvalue weighted by molar-refractivity contribution is 0.696. The quantitative estimate of drug-likeness (QED) is 0.907. The van der Waals surface area contributed by atoms with E-state index in [2.05, 4.69) is 47.6 Å². The number of rotatable bonds is 3. The van der Waals surface area contributed by atoms with Crippen molar-refractivity contribution in [2.24, 2.45) is 0 Å². The highest BCUT2D eigenvalue weighted by molar-refractivity contribution is 5.58. The second-order valence-corrected chi connectivity index (χ2v) is 5.60. The average Bonchev–Trinajstić information content (AvgIpc) is 3.01. The minimum absolute atomic E-state index is 0.605. The molecule has 1 fully saturated rings. The SMILES string of the molecule is CNc1cc(C2CCCC2)nc(-c2cccc(C)c2)n1. The summed E-state index contributed by atoms with van der Waals surface area (Å²) in [4.78, 5) is 9.44. The van der Waals surface area contributed by atoms with Gasteiger partial charge in [0, 0.05) is 30.3 Å². The normalized spacial score (nSPS) is 15.5. The summed E-state index contributed by atoms with van der Waals surface area (Å²) in [6.07, 6.45) is 5.16. The fourth-order valence-corrected chi connectivity index (χ4v) is 2.94. The van der Waals surface area contributed by atoms with Crippen LogP contribution in [-0.4, -0.2) is 17.0 Å². The summed E-state index contributed by atoms with van der Waals surface area (Å²) in [7, 11) is 1.92. The number of hydrogen-bond acceptors (Lipinski definition) is 3. The second-order valence-electron chi connectivity index (χ2n) is 5.60. The van der Waals surface area contributed by atoms with E-state index in [1.807, 2.05) is 7.05 Å². The lowest BCUT2D eigenvalue weighted by atomic mass is 10.0. The Hall–Kier alpha value is -1.90. The maximum Gasteiger partial charge on any atom is 0.161 e. The van der Waals surface area contributed by atoms with Gasteiger partial charge in [-0.2, -0.15) is 0 Å². The van der Waals surface area contributed by atoms with Gasteiger partial charge in [0.2, 0.25) is 0 Å². The van der Waals surface area contributed by atoms with Crippen LogP contribution in [0.5, 0.6) is 0 Å². The molecular formula is C17H21N3. The Morgan fingerprint density at radius 2 is 1.90 bits per heavy atom. The molecule has 1 heterocycles. The zero-order valence-corrected chi connectivity index (χ0v) is 12.2. The molecule has 0 saturated heterocycles. The number of anilines is 1. The second kappa shape index (κ2) is 5.61. The Bertz CT molecular complexity index is 601. The van der Waals surface area contributed by atoms with Crippen LogP contribution in [0.25, 0.3) is 11.4 Å². The molecule has 0 radical (unpaired) electrons. The number of benzene rings is 1. The molecule has 1 aliphatic rings. The van der Waals surface area contributed by atoms with Crippen molar-refractivity contribution in [3.8, 4) is 11.4 Å². The third-order valence-electron chi connectivity index (χ3n) is 4.05. The van der Waals surface area contributed by atoms with Crippen molar-refractivity contribution >= 4 is 5.82 Å². The molecule has 0 bridgehead atoms. The Morgan fingerprint density at radius 3 is 2.60 bits per heavy atom. The Kier molecular flexibility index (Phi) is 3.68. The van der Waals surface area contributed by atoms with Gasteiger partial charge in [-0.25, -0.2) is 9.97 Å². The number of hydrogen-bond donors (Lipinski definition) is 1. The molecule has 104 valence electrons. The van der Waals surface area contributed by atoms with E-state index in [0.717, 1.165) is 17.2 Å². The molecule has 1 aromatic carbocycles. The van der Waals surface area contributed by atoms with Crippen LogP contribution in [0.2, 0.25) is 0 Å². The van der Waals surface area contributed by atoms with Crippen molar-refractivity contribution in [3.05, 3.63) is 41.6 Å². The van der Waals surface area contributed by atoms with Crippen LogP contribution < -0.4 is 5.32 Å². The van der Waals surface area contributed by atoms with Crippen molar-refractivity contribution in [1.82, 2.24) is 9.97 Å². The van der Waals surface area contributed by atoms with Crippen molar-refractivity contribution in [2.75, 3.05) is 12.4 Å². The number of nitrogens with one attached hydrogen (secondary N) is 1. The Balaban J connectivity index is 2.03. The zero-order valence-electron chi connectivity index (χ0n) is 12.2. The summed E-state index contributed by atoms with van der Waals surface area (Å²) >= 11 is 0. The molecule has 0 unspecified atom stereocenters. The van der Waals surface area contributed by atoms with Crippen molar-refractivity contribution in [3.63, 3.8) is 0 Å². The third-order valence-corrected chi connectivity index (χ3v) is 4.05. The van der Waals surface area contributed by atoms with Crippen LogP contribution in [0.4, 0.5) is 5.82 Å². The summed E-state index contributed by atoms with van der Waals surface area (Å²) in [6, 6.07) is 10.5. The maximum atomic E-state index is 4.82. The first-order valence-corrected chi connectivity index (χ1v) is 7.40. The van der Waals surface area contributed by atoms with Gasteiger partial charge in [-0.3, -0.25) is 0 Å². The molecule has 1 aromatic heterocycles. The Labute approximate surface area is 120 Å². The molecule has 0 atom stereocenters. The van der Waals surface area contributed by atoms with E-state index < -0.39 is 0 Å². The van der Waals surface area contributed by atoms with Crippen molar-refractivity contribution in [2.45, 2.75) is 38.5 Å². The summed E-state index contributed by atoms with van der Waals surface area (Å²) in [5.74, 6) is 2.36. The van der Waals surface area contributed by atoms with Crippen LogP contribution in [0.3, 0.4) is 0 Å². The van der Waals surface area contributed by atoms with Gasteiger partial charge >= 0.3 is 0 Å². The van der Waals surface area contributed by atoms with E-state index in [-0.39, 0.29) is 0 Å². The Morgan fingerprint density at radius 1 is 1.10 bits per heavy atom. The highest BCUT2D eigenvalue weighted by Gasteiger charge is 2.20. The third kappa shape index (κ3) is 2.67. The van der Waals surface area contributed by atoms with E-state index in [1.54, 1.807) is 0 Å². The highest BCUT2D eigenvalue weighted by Crippen LogP contribution is 2.34. The van der Waals surface area contributed by atoms with Gasteiger partial charge in [-0.15, -0.1) is 0 Å². The first-order valence-electron chi connectivity index (χ1n) is 7.40. The number of aromatic nitrogens is 2. The predicted octanol–water partition coefficient (Wildman–Crippen LogP) is 4.15. The van der Waals surface area contributed by atoms with E-state index in [0.29, 0.717) is 5.92 Å². The van der Waals surface area contributed by atoms with Crippen LogP contribution in [0.15, 0.2) is 30.3 Å². The molecule has 3 rings (SSSR count). The molecule has 3 heteroatoms. The maximum absolute atomic E-state index is 4.82. The van der Waals surface area contributed by atoms with Gasteiger partial charge in [0.25, 0.3) is 0 Å². The van der Waals surface area contributed by atoms with Crippen LogP contribution in [0.1, 0.15) is 42.9 Å². The minimum Gasteiger partial charge on any atom is -0.373 e. The highest BCUT2D eigenvalue weighted by atomic mass is 15.0. The standard InChI is InChI=1S/C17H21N3/c1-12-6-5-9-14(10-12)17-19-15(11-16(18-2)20-17)13-7-3-4-8-13/h5-6,9-11,13H,3-4,7-8H2,1-2H3,(H,18,19,20). The van der Waals surface area contributed by atoms with Gasteiger partial charge in [0.05, 0.1) is 0 Å². The lowest BCUT2D eigenvalue weighted by Gasteiger charge is -2.12. The molecule has 3 nitrogen and oxygen atoms in total. The predicted molar refractivity (Wildman–Crippen MR) is 83.0 cm³/mol. The lowest BCUT2D eigenvalue weighted by Crippen LogP contribution is -2.03. The summed E-state index contributed by atoms with van der Waals surface area (Å²) < 4.78 is 0. The molecule has 0 aliphatic heterocycles. The first kappa shape index (κ1) is 13.1. The zero-order chi connectivity index (χ0) is 13.9. The molecule has 2 aromatic rings. The van der Waals surface area contributed by atoms with E-state index in [1.165, 1.54) is 36.9 Å². The molecular weight excluding hydrogens is 246 g/mol. The topological polar surface area (TPSA) is 37.8 Å². The molecule has 1 saturated carbocycles. The average molecular weight is 267 g/mol. The van der Waals surface area contributed by atoms with E-state index in [9.17, 15) is 0 Å². The van der Waals surface area contributed by atoms with Gasteiger partial charge < -0.3 is 5.32 Å². The van der Waals surface area contributed by atoms with Crippen LogP contribution in [-0.2, 0) is 0 Å². The molecule has 20 heavy (non-hydrogen) atoms. The van der Waals surface area contributed by atoms with Crippen molar-refractivity contribution in [1.29, 1.82) is 0 Å². The monoisotopic (exact) mass is 267 g/mol. The first-order chi connectivity index (χ1) is 9.76. The molecule has 1 N–H and O–H groups in total. The smallest absolute Gasteiger partial charge is 0.161 e. The largest absolute Gasteiger partial charge is 0.373 e. The van der Waals surface area contributed by atoms with E-state index in [4.69, 9.17) is 4.98 Å². The van der Waals surface area contributed by atoms with Crippen LogP contribution >= 0.6 is 0 Å². The molecule has 0 amide bonds. The molecule has 1 aliphatic carbocycles. The summed E-state index contributed by atoms with van der Waals surface area (Å²) in [6.45, 7) is 2.10. The fourth-order valence-electron chi connectivity index (χ4n) is 2.94. The summed E-state index contributed by atoms with van der Waals surface area (Å²) in [5, 5.41) is 3.16. The van der Waals surface area contributed by atoms with Crippen LogP contribution in [0, 0.1) is 6.92 Å². The molecule has 0 spiro atoms. The fraction of sp³-hybridized carbons (Fsp3) is 0.412. The number of nitrogens with zero attached hydrogens (tertiary/aromatic N) is 2. The number of aryl methyl sites for hydroxylation is 1. The van der Waals surface area contributed by atoms with Gasteiger partial charge in [-0.05, 0) is 25.8 Å². The van der Waals surface area contributed by atoms with Gasteiger partial charge in [-0.1, -0.05) is 36.6 Å². The summed E-state index contributed by atoms with van der Waals surface area (Å²) in [5.41, 5.74) is 3.53. The van der Waals surface area contributed by atoms with Gasteiger partial charge in [0.1, 0.15) is 5.82 Å². The minimum atomic E-state index is 0.605.